The van der Waals surface area contributed by atoms with E-state index in [1.807, 2.05) is 72.8 Å². The first kappa shape index (κ1) is 21.5. The molecule has 1 saturated carbocycles. The molecule has 5 heteroatoms. The van der Waals surface area contributed by atoms with Crippen molar-refractivity contribution in [2.24, 2.45) is 4.99 Å². The summed E-state index contributed by atoms with van der Waals surface area (Å²) in [5.41, 5.74) is 2.43. The number of aliphatic imine (C=N–C) groups is 1. The van der Waals surface area contributed by atoms with Gasteiger partial charge < -0.3 is 10.2 Å². The molecular formula is C27H25NO4. The third-order valence-electron chi connectivity index (χ3n) is 5.94. The van der Waals surface area contributed by atoms with Crippen LogP contribution in [0, 0.1) is 0 Å². The van der Waals surface area contributed by atoms with Gasteiger partial charge in [0.15, 0.2) is 5.78 Å². The van der Waals surface area contributed by atoms with Gasteiger partial charge in [0, 0.05) is 12.8 Å². The van der Waals surface area contributed by atoms with Crippen LogP contribution >= 0.6 is 0 Å². The van der Waals surface area contributed by atoms with Crippen molar-refractivity contribution in [1.29, 1.82) is 0 Å². The number of ketones is 1. The molecule has 4 rings (SSSR count). The van der Waals surface area contributed by atoms with Crippen molar-refractivity contribution in [3.05, 3.63) is 95.3 Å². The number of carbonyl (C=O) groups is 2. The Bertz CT molecular complexity index is 1220. The minimum atomic E-state index is -1.07. The molecule has 162 valence electrons. The van der Waals surface area contributed by atoms with E-state index in [2.05, 4.69) is 4.99 Å². The summed E-state index contributed by atoms with van der Waals surface area (Å²) in [5.74, 6) is -1.44. The molecule has 0 radical (unpaired) electrons. The zero-order valence-electron chi connectivity index (χ0n) is 17.9. The summed E-state index contributed by atoms with van der Waals surface area (Å²) in [6.07, 6.45) is 0.834. The van der Waals surface area contributed by atoms with Crippen LogP contribution in [0.4, 0.5) is 0 Å². The summed E-state index contributed by atoms with van der Waals surface area (Å²) in [5, 5.41) is 22.5. The SMILES string of the molecule is CC(N=C1CC(c2ccccc2)CC(=O)/C1=C(/O)Cc1cccc2ccccc12)C(=O)O. The van der Waals surface area contributed by atoms with Gasteiger partial charge in [0.25, 0.3) is 0 Å². The monoisotopic (exact) mass is 427 g/mol. The fraction of sp³-hybridized carbons (Fsp3) is 0.222. The molecule has 2 atom stereocenters. The smallest absolute Gasteiger partial charge is 0.328 e. The van der Waals surface area contributed by atoms with Gasteiger partial charge in [-0.15, -0.1) is 0 Å². The van der Waals surface area contributed by atoms with Crippen molar-refractivity contribution in [3.63, 3.8) is 0 Å². The average molecular weight is 428 g/mol. The topological polar surface area (TPSA) is 87.0 Å². The van der Waals surface area contributed by atoms with E-state index in [-0.39, 0.29) is 35.9 Å². The van der Waals surface area contributed by atoms with E-state index in [0.29, 0.717) is 12.1 Å². The molecule has 0 bridgehead atoms. The number of hydrogen-bond donors (Lipinski definition) is 2. The highest BCUT2D eigenvalue weighted by Gasteiger charge is 2.33. The van der Waals surface area contributed by atoms with Crippen LogP contribution in [0.3, 0.4) is 0 Å². The highest BCUT2D eigenvalue weighted by atomic mass is 16.4. The van der Waals surface area contributed by atoms with Gasteiger partial charge in [0.05, 0.1) is 11.3 Å². The normalized spacial score (nSPS) is 20.3. The third kappa shape index (κ3) is 4.47. The predicted octanol–water partition coefficient (Wildman–Crippen LogP) is 5.26. The van der Waals surface area contributed by atoms with Gasteiger partial charge >= 0.3 is 5.97 Å². The van der Waals surface area contributed by atoms with Crippen LogP contribution in [0.5, 0.6) is 0 Å². The highest BCUT2D eigenvalue weighted by molar-refractivity contribution is 6.25. The number of allylic oxidation sites excluding steroid dienone is 2. The molecule has 0 heterocycles. The van der Waals surface area contributed by atoms with Gasteiger partial charge in [-0.05, 0) is 41.2 Å². The van der Waals surface area contributed by atoms with Crippen molar-refractivity contribution in [2.45, 2.75) is 38.1 Å². The molecule has 2 unspecified atom stereocenters. The molecule has 0 amide bonds. The van der Waals surface area contributed by atoms with E-state index in [4.69, 9.17) is 0 Å². The van der Waals surface area contributed by atoms with E-state index < -0.39 is 12.0 Å². The Balaban J connectivity index is 1.75. The fourth-order valence-electron chi connectivity index (χ4n) is 4.30. The molecular weight excluding hydrogens is 402 g/mol. The van der Waals surface area contributed by atoms with E-state index in [1.54, 1.807) is 0 Å². The number of fused-ring (bicyclic) bond motifs is 1. The lowest BCUT2D eigenvalue weighted by Gasteiger charge is -2.26. The highest BCUT2D eigenvalue weighted by Crippen LogP contribution is 2.34. The molecule has 32 heavy (non-hydrogen) atoms. The summed E-state index contributed by atoms with van der Waals surface area (Å²) in [6, 6.07) is 22.4. The number of carboxylic acid groups (broad SMARTS) is 1. The summed E-state index contributed by atoms with van der Waals surface area (Å²) >= 11 is 0. The number of Topliss-reactive ketones (excluding diaryl/α,β-unsaturated/α-hetero) is 1. The van der Waals surface area contributed by atoms with Crippen LogP contribution in [0.1, 0.15) is 36.8 Å². The van der Waals surface area contributed by atoms with E-state index >= 15 is 0 Å². The second-order valence-corrected chi connectivity index (χ2v) is 8.17. The zero-order valence-corrected chi connectivity index (χ0v) is 17.9. The Kier molecular flexibility index (Phi) is 6.17. The summed E-state index contributed by atoms with van der Waals surface area (Å²) in [4.78, 5) is 29.0. The zero-order chi connectivity index (χ0) is 22.7. The van der Waals surface area contributed by atoms with Crippen LogP contribution in [0.15, 0.2) is 89.1 Å². The number of aliphatic hydroxyl groups is 1. The maximum Gasteiger partial charge on any atom is 0.328 e. The first-order chi connectivity index (χ1) is 15.4. The quantitative estimate of drug-likeness (QED) is 0.430. The number of aliphatic hydroxyl groups excluding tert-OH is 1. The van der Waals surface area contributed by atoms with Crippen LogP contribution in [0.25, 0.3) is 10.8 Å². The molecule has 0 saturated heterocycles. The number of carbonyl (C=O) groups excluding carboxylic acids is 1. The molecule has 1 fully saturated rings. The predicted molar refractivity (Wildman–Crippen MR) is 125 cm³/mol. The Morgan fingerprint density at radius 3 is 2.41 bits per heavy atom. The fourth-order valence-corrected chi connectivity index (χ4v) is 4.30. The van der Waals surface area contributed by atoms with Crippen molar-refractivity contribution in [2.75, 3.05) is 0 Å². The lowest BCUT2D eigenvalue weighted by atomic mass is 9.78. The Labute approximate surface area is 186 Å². The van der Waals surface area contributed by atoms with E-state index in [1.165, 1.54) is 6.92 Å². The van der Waals surface area contributed by atoms with Crippen molar-refractivity contribution >= 4 is 28.2 Å². The summed E-state index contributed by atoms with van der Waals surface area (Å²) in [7, 11) is 0. The molecule has 3 aromatic carbocycles. The number of aliphatic carboxylic acids is 1. The average Bonchev–Trinajstić information content (AvgIpc) is 2.79. The second kappa shape index (κ2) is 9.18. The Morgan fingerprint density at radius 2 is 1.66 bits per heavy atom. The van der Waals surface area contributed by atoms with Crippen LogP contribution in [-0.4, -0.2) is 33.7 Å². The van der Waals surface area contributed by atoms with E-state index in [0.717, 1.165) is 21.9 Å². The Hall–Kier alpha value is -3.73. The largest absolute Gasteiger partial charge is 0.511 e. The molecule has 0 spiro atoms. The number of benzene rings is 3. The van der Waals surface area contributed by atoms with Crippen LogP contribution in [-0.2, 0) is 16.0 Å². The molecule has 0 aromatic heterocycles. The van der Waals surface area contributed by atoms with Gasteiger partial charge in [0.1, 0.15) is 11.8 Å². The molecule has 3 aromatic rings. The molecule has 0 aliphatic heterocycles. The van der Waals surface area contributed by atoms with Gasteiger partial charge in [0.2, 0.25) is 0 Å². The molecule has 2 N–H and O–H groups in total. The standard InChI is InChI=1S/C27H25NO4/c1-17(27(31)32)28-23-14-21(18-8-3-2-4-9-18)16-25(30)26(23)24(29)15-20-12-7-11-19-10-5-6-13-22(19)20/h2-13,17,21,29H,14-16H2,1H3,(H,31,32)/b26-24+,28-23?. The van der Waals surface area contributed by atoms with Gasteiger partial charge in [-0.3, -0.25) is 9.79 Å². The van der Waals surface area contributed by atoms with Crippen LogP contribution < -0.4 is 0 Å². The maximum absolute atomic E-state index is 13.2. The van der Waals surface area contributed by atoms with Crippen molar-refractivity contribution in [3.8, 4) is 0 Å². The molecule has 5 nitrogen and oxygen atoms in total. The number of rotatable bonds is 5. The number of nitrogens with zero attached hydrogens (tertiary/aromatic N) is 1. The second-order valence-electron chi connectivity index (χ2n) is 8.17. The van der Waals surface area contributed by atoms with E-state index in [9.17, 15) is 19.8 Å². The lowest BCUT2D eigenvalue weighted by molar-refractivity contribution is -0.138. The third-order valence-corrected chi connectivity index (χ3v) is 5.94. The Morgan fingerprint density at radius 1 is 0.969 bits per heavy atom. The van der Waals surface area contributed by atoms with Crippen LogP contribution in [0.2, 0.25) is 0 Å². The summed E-state index contributed by atoms with van der Waals surface area (Å²) < 4.78 is 0. The van der Waals surface area contributed by atoms with Gasteiger partial charge in [-0.1, -0.05) is 72.8 Å². The maximum atomic E-state index is 13.2. The minimum absolute atomic E-state index is 0.0609. The number of hydrogen-bond acceptors (Lipinski definition) is 4. The van der Waals surface area contributed by atoms with Gasteiger partial charge in [-0.25, -0.2) is 4.79 Å². The number of carboxylic acids is 1. The van der Waals surface area contributed by atoms with Crippen molar-refractivity contribution < 1.29 is 19.8 Å². The first-order valence-electron chi connectivity index (χ1n) is 10.7. The lowest BCUT2D eigenvalue weighted by Crippen LogP contribution is -2.29. The minimum Gasteiger partial charge on any atom is -0.511 e. The van der Waals surface area contributed by atoms with Crippen molar-refractivity contribution in [1.82, 2.24) is 0 Å². The van der Waals surface area contributed by atoms with Gasteiger partial charge in [-0.2, -0.15) is 0 Å². The summed E-state index contributed by atoms with van der Waals surface area (Å²) in [6.45, 7) is 1.48. The first-order valence-corrected chi connectivity index (χ1v) is 10.7. The molecule has 1 aliphatic carbocycles. The molecule has 1 aliphatic rings.